The predicted octanol–water partition coefficient (Wildman–Crippen LogP) is 1.86. The van der Waals surface area contributed by atoms with Crippen molar-refractivity contribution in [3.63, 3.8) is 0 Å². The summed E-state index contributed by atoms with van der Waals surface area (Å²) >= 11 is 0. The number of hydrogen-bond acceptors (Lipinski definition) is 3. The van der Waals surface area contributed by atoms with E-state index in [4.69, 9.17) is 6.42 Å². The van der Waals surface area contributed by atoms with E-state index in [1.807, 2.05) is 6.08 Å². The number of aromatic nitrogens is 2. The van der Waals surface area contributed by atoms with Crippen molar-refractivity contribution in [2.75, 3.05) is 18.0 Å². The van der Waals surface area contributed by atoms with Gasteiger partial charge in [-0.25, -0.2) is 9.97 Å². The number of piperidine rings is 1. The van der Waals surface area contributed by atoms with E-state index >= 15 is 0 Å². The number of nitrogens with zero attached hydrogens (tertiary/aromatic N) is 3. The van der Waals surface area contributed by atoms with Crippen molar-refractivity contribution in [2.45, 2.75) is 12.8 Å². The average molecular weight is 213 g/mol. The van der Waals surface area contributed by atoms with Crippen molar-refractivity contribution in [3.8, 4) is 12.3 Å². The molecule has 0 N–H and O–H groups in total. The van der Waals surface area contributed by atoms with Crippen LogP contribution in [0.2, 0.25) is 0 Å². The van der Waals surface area contributed by atoms with E-state index in [-0.39, 0.29) is 0 Å². The highest BCUT2D eigenvalue weighted by Gasteiger charge is 2.19. The molecule has 0 saturated carbocycles. The molecule has 2 rings (SSSR count). The van der Waals surface area contributed by atoms with Crippen molar-refractivity contribution in [1.82, 2.24) is 9.97 Å². The predicted molar refractivity (Wildman–Crippen MR) is 65.1 cm³/mol. The highest BCUT2D eigenvalue weighted by atomic mass is 15.3. The van der Waals surface area contributed by atoms with E-state index in [1.165, 1.54) is 6.42 Å². The lowest BCUT2D eigenvalue weighted by Crippen LogP contribution is -2.35. The fraction of sp³-hybridized carbons (Fsp3) is 0.385. The molecule has 1 aliphatic rings. The highest BCUT2D eigenvalue weighted by Crippen LogP contribution is 2.20. The van der Waals surface area contributed by atoms with Gasteiger partial charge in [-0.05, 0) is 24.8 Å². The Morgan fingerprint density at radius 1 is 1.62 bits per heavy atom. The maximum absolute atomic E-state index is 5.33. The lowest BCUT2D eigenvalue weighted by atomic mass is 9.99. The summed E-state index contributed by atoms with van der Waals surface area (Å²) in [6, 6.07) is 1.75. The van der Waals surface area contributed by atoms with Crippen LogP contribution in [0.5, 0.6) is 0 Å². The molecule has 1 aromatic heterocycles. The second-order valence-corrected chi connectivity index (χ2v) is 3.97. The molecule has 1 aliphatic heterocycles. The molecular weight excluding hydrogens is 198 g/mol. The zero-order chi connectivity index (χ0) is 11.4. The van der Waals surface area contributed by atoms with Gasteiger partial charge in [-0.15, -0.1) is 13.0 Å². The largest absolute Gasteiger partial charge is 0.340 e. The van der Waals surface area contributed by atoms with E-state index < -0.39 is 0 Å². The van der Waals surface area contributed by atoms with Crippen molar-refractivity contribution in [1.29, 1.82) is 0 Å². The molecule has 0 bridgehead atoms. The summed E-state index contributed by atoms with van der Waals surface area (Å²) in [5.74, 6) is 3.81. The normalized spacial score (nSPS) is 20.2. The van der Waals surface area contributed by atoms with Crippen LogP contribution in [-0.2, 0) is 0 Å². The van der Waals surface area contributed by atoms with Gasteiger partial charge >= 0.3 is 0 Å². The van der Waals surface area contributed by atoms with Gasteiger partial charge in [0, 0.05) is 19.3 Å². The summed E-state index contributed by atoms with van der Waals surface area (Å²) in [4.78, 5) is 10.8. The van der Waals surface area contributed by atoms with E-state index in [0.717, 1.165) is 25.5 Å². The van der Waals surface area contributed by atoms with Gasteiger partial charge in [0.25, 0.3) is 0 Å². The van der Waals surface area contributed by atoms with Crippen LogP contribution in [0.25, 0.3) is 0 Å². The van der Waals surface area contributed by atoms with Gasteiger partial charge < -0.3 is 4.90 Å². The van der Waals surface area contributed by atoms with Crippen LogP contribution < -0.4 is 4.90 Å². The van der Waals surface area contributed by atoms with E-state index in [2.05, 4.69) is 27.4 Å². The Hall–Kier alpha value is -1.82. The quantitative estimate of drug-likeness (QED) is 0.554. The summed E-state index contributed by atoms with van der Waals surface area (Å²) in [6.07, 6.45) is 11.4. The van der Waals surface area contributed by atoms with Crippen LogP contribution in [0.15, 0.2) is 24.9 Å². The molecule has 3 nitrogen and oxygen atoms in total. The zero-order valence-corrected chi connectivity index (χ0v) is 9.26. The average Bonchev–Trinajstić information content (AvgIpc) is 2.39. The zero-order valence-electron chi connectivity index (χ0n) is 9.26. The third-order valence-corrected chi connectivity index (χ3v) is 2.86. The maximum Gasteiger partial charge on any atom is 0.226 e. The molecule has 0 radical (unpaired) electrons. The fourth-order valence-corrected chi connectivity index (χ4v) is 1.97. The molecule has 1 unspecified atom stereocenters. The van der Waals surface area contributed by atoms with Crippen LogP contribution in [0.1, 0.15) is 18.5 Å². The lowest BCUT2D eigenvalue weighted by molar-refractivity contribution is 0.480. The molecule has 0 amide bonds. The molecule has 3 heteroatoms. The molecule has 1 fully saturated rings. The third-order valence-electron chi connectivity index (χ3n) is 2.86. The second-order valence-electron chi connectivity index (χ2n) is 3.97. The molecule has 2 heterocycles. The minimum Gasteiger partial charge on any atom is -0.340 e. The minimum absolute atomic E-state index is 0.534. The van der Waals surface area contributed by atoms with Crippen LogP contribution in [0.4, 0.5) is 5.95 Å². The van der Waals surface area contributed by atoms with Crippen LogP contribution >= 0.6 is 0 Å². The van der Waals surface area contributed by atoms with E-state index in [9.17, 15) is 0 Å². The van der Waals surface area contributed by atoms with Gasteiger partial charge in [0.2, 0.25) is 5.95 Å². The summed E-state index contributed by atoms with van der Waals surface area (Å²) < 4.78 is 0. The Balaban J connectivity index is 2.17. The molecular formula is C13H15N3. The van der Waals surface area contributed by atoms with Crippen molar-refractivity contribution < 1.29 is 0 Å². The second kappa shape index (κ2) is 4.80. The van der Waals surface area contributed by atoms with Crippen LogP contribution in [-0.4, -0.2) is 23.1 Å². The van der Waals surface area contributed by atoms with Crippen molar-refractivity contribution >= 4 is 5.95 Å². The van der Waals surface area contributed by atoms with Gasteiger partial charge in [-0.1, -0.05) is 12.0 Å². The van der Waals surface area contributed by atoms with E-state index in [0.29, 0.717) is 11.6 Å². The van der Waals surface area contributed by atoms with Gasteiger partial charge in [0.05, 0.1) is 0 Å². The Morgan fingerprint density at radius 3 is 3.25 bits per heavy atom. The number of terminal acetylenes is 1. The highest BCUT2D eigenvalue weighted by molar-refractivity contribution is 5.35. The smallest absolute Gasteiger partial charge is 0.226 e. The van der Waals surface area contributed by atoms with Crippen LogP contribution in [0.3, 0.4) is 0 Å². The Bertz CT molecular complexity index is 419. The first-order chi connectivity index (χ1) is 7.83. The van der Waals surface area contributed by atoms with Gasteiger partial charge in [-0.2, -0.15) is 0 Å². The Labute approximate surface area is 96.2 Å². The Kier molecular flexibility index (Phi) is 3.21. The first-order valence-corrected chi connectivity index (χ1v) is 5.50. The van der Waals surface area contributed by atoms with E-state index in [1.54, 1.807) is 12.3 Å². The molecule has 1 aromatic rings. The lowest BCUT2D eigenvalue weighted by Gasteiger charge is -2.31. The SMILES string of the molecule is C#Cc1ccnc(N2CCCC(C=C)C2)n1. The van der Waals surface area contributed by atoms with Crippen molar-refractivity contribution in [2.24, 2.45) is 5.92 Å². The van der Waals surface area contributed by atoms with Gasteiger partial charge in [-0.3, -0.25) is 0 Å². The molecule has 1 saturated heterocycles. The molecule has 0 aliphatic carbocycles. The molecule has 0 spiro atoms. The monoisotopic (exact) mass is 213 g/mol. The Morgan fingerprint density at radius 2 is 2.50 bits per heavy atom. The molecule has 1 atom stereocenters. The van der Waals surface area contributed by atoms with Crippen molar-refractivity contribution in [3.05, 3.63) is 30.6 Å². The maximum atomic E-state index is 5.33. The summed E-state index contributed by atoms with van der Waals surface area (Å²) in [6.45, 7) is 5.79. The number of rotatable bonds is 2. The fourth-order valence-electron chi connectivity index (χ4n) is 1.97. The van der Waals surface area contributed by atoms with Gasteiger partial charge in [0.1, 0.15) is 5.69 Å². The van der Waals surface area contributed by atoms with Gasteiger partial charge in [0.15, 0.2) is 0 Å². The third kappa shape index (κ3) is 2.22. The van der Waals surface area contributed by atoms with Crippen LogP contribution in [0, 0.1) is 18.3 Å². The minimum atomic E-state index is 0.534. The summed E-state index contributed by atoms with van der Waals surface area (Å²) in [7, 11) is 0. The number of anilines is 1. The topological polar surface area (TPSA) is 29.0 Å². The first-order valence-electron chi connectivity index (χ1n) is 5.50. The number of hydrogen-bond donors (Lipinski definition) is 0. The first kappa shape index (κ1) is 10.7. The molecule has 0 aromatic carbocycles. The summed E-state index contributed by atoms with van der Waals surface area (Å²) in [5.41, 5.74) is 0.644. The molecule has 82 valence electrons. The standard InChI is InChI=1S/C13H15N3/c1-3-11-6-5-9-16(10-11)13-14-8-7-12(4-2)15-13/h2-3,7-8,11H,1,5-6,9-10H2. The molecule has 16 heavy (non-hydrogen) atoms. The summed E-state index contributed by atoms with van der Waals surface area (Å²) in [5, 5.41) is 0.